The Kier molecular flexibility index (Phi) is 5.10. The van der Waals surface area contributed by atoms with Crippen molar-refractivity contribution in [1.82, 2.24) is 4.90 Å². The lowest BCUT2D eigenvalue weighted by Gasteiger charge is -2.47. The van der Waals surface area contributed by atoms with Gasteiger partial charge in [0, 0.05) is 20.1 Å². The molecule has 18 heavy (non-hydrogen) atoms. The number of methoxy groups -OCH3 is 1. The van der Waals surface area contributed by atoms with E-state index in [2.05, 4.69) is 0 Å². The fourth-order valence-corrected chi connectivity index (χ4v) is 2.04. The number of carboxylic acid groups (broad SMARTS) is 1. The number of hydrogen-bond donors (Lipinski definition) is 1. The van der Waals surface area contributed by atoms with Gasteiger partial charge in [-0.25, -0.2) is 4.79 Å². The van der Waals surface area contributed by atoms with Crippen molar-refractivity contribution >= 4 is 11.9 Å². The highest BCUT2D eigenvalue weighted by molar-refractivity contribution is 5.77. The average molecular weight is 259 g/mol. The van der Waals surface area contributed by atoms with Crippen LogP contribution in [0.2, 0.25) is 0 Å². The number of nitrogens with zero attached hydrogens (tertiary/aromatic N) is 1. The number of aliphatic carboxylic acids is 1. The summed E-state index contributed by atoms with van der Waals surface area (Å²) in [6, 6.07) is 0. The van der Waals surface area contributed by atoms with Crippen LogP contribution in [0.1, 0.15) is 20.3 Å². The summed E-state index contributed by atoms with van der Waals surface area (Å²) in [4.78, 5) is 23.9. The largest absolute Gasteiger partial charge is 0.480 e. The van der Waals surface area contributed by atoms with Gasteiger partial charge in [-0.2, -0.15) is 0 Å². The zero-order chi connectivity index (χ0) is 13.8. The molecule has 6 heteroatoms. The first-order valence-corrected chi connectivity index (χ1v) is 5.99. The maximum Gasteiger partial charge on any atom is 0.329 e. The Morgan fingerprint density at radius 2 is 2.06 bits per heavy atom. The minimum atomic E-state index is -0.991. The highest BCUT2D eigenvalue weighted by Crippen LogP contribution is 2.25. The summed E-state index contributed by atoms with van der Waals surface area (Å²) in [7, 11) is 1.61. The third kappa shape index (κ3) is 4.27. The molecule has 1 aliphatic heterocycles. The number of carbonyl (C=O) groups excluding carboxylic acids is 1. The molecule has 0 aliphatic carbocycles. The summed E-state index contributed by atoms with van der Waals surface area (Å²) in [6.45, 7) is 4.93. The number of hydrogen-bond acceptors (Lipinski definition) is 4. The fraction of sp³-hybridized carbons (Fsp3) is 0.833. The quantitative estimate of drug-likeness (QED) is 0.714. The number of carbonyl (C=O) groups is 2. The molecule has 1 atom stereocenters. The summed E-state index contributed by atoms with van der Waals surface area (Å²) in [5.41, 5.74) is -0.515. The van der Waals surface area contributed by atoms with Gasteiger partial charge in [0.05, 0.1) is 13.1 Å². The van der Waals surface area contributed by atoms with Gasteiger partial charge < -0.3 is 19.5 Å². The Labute approximate surface area is 107 Å². The summed E-state index contributed by atoms with van der Waals surface area (Å²) < 4.78 is 10.2. The van der Waals surface area contributed by atoms with Crippen LogP contribution < -0.4 is 0 Å². The minimum absolute atomic E-state index is 0.0657. The molecule has 0 radical (unpaired) electrons. The standard InChI is InChI=1S/C12H21NO5/c1-9(5-17-3)4-10(14)13-7-12(2,8-13)18-6-11(15)16/h9H,4-8H2,1-3H3,(H,15,16). The maximum atomic E-state index is 11.8. The van der Waals surface area contributed by atoms with Gasteiger partial charge in [0.15, 0.2) is 0 Å². The van der Waals surface area contributed by atoms with Crippen LogP contribution in [-0.4, -0.2) is 60.9 Å². The van der Waals surface area contributed by atoms with E-state index in [0.717, 1.165) is 0 Å². The van der Waals surface area contributed by atoms with E-state index in [0.29, 0.717) is 26.1 Å². The van der Waals surface area contributed by atoms with E-state index in [1.54, 1.807) is 12.0 Å². The van der Waals surface area contributed by atoms with Crippen LogP contribution in [0.5, 0.6) is 0 Å². The van der Waals surface area contributed by atoms with E-state index in [1.165, 1.54) is 0 Å². The molecule has 1 aliphatic rings. The molecule has 0 aromatic carbocycles. The smallest absolute Gasteiger partial charge is 0.329 e. The average Bonchev–Trinajstić information content (AvgIpc) is 2.22. The SMILES string of the molecule is COCC(C)CC(=O)N1CC(C)(OCC(=O)O)C1. The van der Waals surface area contributed by atoms with Crippen LogP contribution in [0.15, 0.2) is 0 Å². The van der Waals surface area contributed by atoms with Crippen molar-refractivity contribution in [3.63, 3.8) is 0 Å². The highest BCUT2D eigenvalue weighted by atomic mass is 16.5. The zero-order valence-electron chi connectivity index (χ0n) is 11.1. The van der Waals surface area contributed by atoms with E-state index >= 15 is 0 Å². The van der Waals surface area contributed by atoms with Crippen molar-refractivity contribution in [2.24, 2.45) is 5.92 Å². The normalized spacial score (nSPS) is 19.2. The number of likely N-dealkylation sites (tertiary alicyclic amines) is 1. The van der Waals surface area contributed by atoms with Crippen molar-refractivity contribution in [2.75, 3.05) is 33.4 Å². The summed E-state index contributed by atoms with van der Waals surface area (Å²) in [5.74, 6) is -0.736. The molecule has 0 bridgehead atoms. The van der Waals surface area contributed by atoms with Gasteiger partial charge in [0.25, 0.3) is 0 Å². The molecule has 1 saturated heterocycles. The first kappa shape index (κ1) is 14.9. The highest BCUT2D eigenvalue weighted by Gasteiger charge is 2.42. The van der Waals surface area contributed by atoms with Crippen LogP contribution in [0.4, 0.5) is 0 Å². The molecule has 0 aromatic rings. The van der Waals surface area contributed by atoms with E-state index in [4.69, 9.17) is 14.6 Å². The predicted molar refractivity (Wildman–Crippen MR) is 64.2 cm³/mol. The Balaban J connectivity index is 2.28. The van der Waals surface area contributed by atoms with Crippen LogP contribution in [0.3, 0.4) is 0 Å². The molecule has 0 aromatic heterocycles. The van der Waals surface area contributed by atoms with Crippen LogP contribution in [0.25, 0.3) is 0 Å². The molecule has 1 unspecified atom stereocenters. The van der Waals surface area contributed by atoms with Crippen molar-refractivity contribution in [1.29, 1.82) is 0 Å². The third-order valence-corrected chi connectivity index (χ3v) is 2.92. The van der Waals surface area contributed by atoms with Gasteiger partial charge in [-0.3, -0.25) is 4.79 Å². The number of carboxylic acids is 1. The van der Waals surface area contributed by atoms with Gasteiger partial charge in [-0.15, -0.1) is 0 Å². The summed E-state index contributed by atoms with van der Waals surface area (Å²) >= 11 is 0. The summed E-state index contributed by atoms with van der Waals surface area (Å²) in [5, 5.41) is 8.53. The van der Waals surface area contributed by atoms with Crippen LogP contribution in [-0.2, 0) is 19.1 Å². The second-order valence-corrected chi connectivity index (χ2v) is 5.15. The molecule has 6 nitrogen and oxygen atoms in total. The zero-order valence-corrected chi connectivity index (χ0v) is 11.1. The Morgan fingerprint density at radius 3 is 2.56 bits per heavy atom. The van der Waals surface area contributed by atoms with E-state index in [-0.39, 0.29) is 18.4 Å². The fourth-order valence-electron chi connectivity index (χ4n) is 2.04. The molecule has 1 heterocycles. The topological polar surface area (TPSA) is 76.1 Å². The van der Waals surface area contributed by atoms with E-state index in [9.17, 15) is 9.59 Å². The number of rotatable bonds is 7. The van der Waals surface area contributed by atoms with Gasteiger partial charge in [0.2, 0.25) is 5.91 Å². The van der Waals surface area contributed by atoms with Gasteiger partial charge in [-0.1, -0.05) is 6.92 Å². The molecule has 1 N–H and O–H groups in total. The van der Waals surface area contributed by atoms with Crippen molar-refractivity contribution in [3.8, 4) is 0 Å². The number of amides is 1. The van der Waals surface area contributed by atoms with E-state index < -0.39 is 11.6 Å². The van der Waals surface area contributed by atoms with Crippen LogP contribution in [0, 0.1) is 5.92 Å². The Hall–Kier alpha value is -1.14. The minimum Gasteiger partial charge on any atom is -0.480 e. The maximum absolute atomic E-state index is 11.8. The Bertz CT molecular complexity index is 312. The van der Waals surface area contributed by atoms with Gasteiger partial charge in [-0.05, 0) is 12.8 Å². The molecular weight excluding hydrogens is 238 g/mol. The second-order valence-electron chi connectivity index (χ2n) is 5.15. The monoisotopic (exact) mass is 259 g/mol. The van der Waals surface area contributed by atoms with Crippen LogP contribution >= 0.6 is 0 Å². The first-order chi connectivity index (χ1) is 8.36. The lowest BCUT2D eigenvalue weighted by molar-refractivity contribution is -0.173. The molecular formula is C12H21NO5. The van der Waals surface area contributed by atoms with Crippen molar-refractivity contribution in [2.45, 2.75) is 25.9 Å². The lowest BCUT2D eigenvalue weighted by atomic mass is 9.95. The molecule has 1 amide bonds. The Morgan fingerprint density at radius 1 is 1.44 bits per heavy atom. The predicted octanol–water partition coefficient (Wildman–Crippen LogP) is 0.361. The molecule has 1 fully saturated rings. The molecule has 104 valence electrons. The summed E-state index contributed by atoms with van der Waals surface area (Å²) in [6.07, 6.45) is 0.447. The molecule has 0 spiro atoms. The molecule has 1 rings (SSSR count). The van der Waals surface area contributed by atoms with Crippen molar-refractivity contribution in [3.05, 3.63) is 0 Å². The van der Waals surface area contributed by atoms with Crippen molar-refractivity contribution < 1.29 is 24.2 Å². The molecule has 0 saturated carbocycles. The van der Waals surface area contributed by atoms with Gasteiger partial charge >= 0.3 is 5.97 Å². The second kappa shape index (κ2) is 6.15. The third-order valence-electron chi connectivity index (χ3n) is 2.92. The van der Waals surface area contributed by atoms with Gasteiger partial charge in [0.1, 0.15) is 12.2 Å². The van der Waals surface area contributed by atoms with E-state index in [1.807, 2.05) is 13.8 Å². The first-order valence-electron chi connectivity index (χ1n) is 5.99. The lowest BCUT2D eigenvalue weighted by Crippen LogP contribution is -2.63. The number of ether oxygens (including phenoxy) is 2.